The number of carbonyl (C=O) groups excluding carboxylic acids is 1. The average molecular weight is 396 g/mol. The molecule has 0 amide bonds. The predicted octanol–water partition coefficient (Wildman–Crippen LogP) is 2.47. The second kappa shape index (κ2) is 7.09. The fourth-order valence-corrected chi connectivity index (χ4v) is 4.98. The van der Waals surface area contributed by atoms with Gasteiger partial charge in [0.2, 0.25) is 0 Å². The summed E-state index contributed by atoms with van der Waals surface area (Å²) in [5.41, 5.74) is 1.76. The van der Waals surface area contributed by atoms with E-state index < -0.39 is 12.0 Å². The SMILES string of the molecule is COC(=O)C1=C(C)N=c2s/c(=C/c3ccccc3)c(=O)n2[C@@H]1c1cccs1. The molecule has 0 N–H and O–H groups in total. The highest BCUT2D eigenvalue weighted by atomic mass is 32.1. The van der Waals surface area contributed by atoms with Gasteiger partial charge in [0.25, 0.3) is 5.56 Å². The molecule has 2 aromatic heterocycles. The number of nitrogens with zero attached hydrogens (tertiary/aromatic N) is 2. The summed E-state index contributed by atoms with van der Waals surface area (Å²) in [7, 11) is 1.34. The molecule has 1 aromatic carbocycles. The number of carbonyl (C=O) groups is 1. The lowest BCUT2D eigenvalue weighted by Gasteiger charge is -2.22. The van der Waals surface area contributed by atoms with Crippen LogP contribution in [0.3, 0.4) is 0 Å². The highest BCUT2D eigenvalue weighted by Crippen LogP contribution is 2.32. The van der Waals surface area contributed by atoms with Crippen molar-refractivity contribution in [3.05, 3.63) is 89.2 Å². The first-order chi connectivity index (χ1) is 13.1. The van der Waals surface area contributed by atoms with Gasteiger partial charge in [-0.1, -0.05) is 47.7 Å². The molecule has 3 aromatic rings. The Kier molecular flexibility index (Phi) is 4.63. The van der Waals surface area contributed by atoms with Crippen molar-refractivity contribution < 1.29 is 9.53 Å². The zero-order valence-corrected chi connectivity index (χ0v) is 16.3. The summed E-state index contributed by atoms with van der Waals surface area (Å²) < 4.78 is 7.16. The Labute approximate surface area is 163 Å². The van der Waals surface area contributed by atoms with E-state index in [0.29, 0.717) is 20.6 Å². The lowest BCUT2D eigenvalue weighted by molar-refractivity contribution is -0.136. The third kappa shape index (κ3) is 3.09. The fraction of sp³-hybridized carbons (Fsp3) is 0.150. The molecule has 0 fully saturated rings. The maximum atomic E-state index is 13.2. The van der Waals surface area contributed by atoms with Gasteiger partial charge in [0.15, 0.2) is 4.80 Å². The first-order valence-corrected chi connectivity index (χ1v) is 9.99. The van der Waals surface area contributed by atoms with Crippen LogP contribution in [-0.2, 0) is 9.53 Å². The van der Waals surface area contributed by atoms with Crippen LogP contribution in [-0.4, -0.2) is 17.6 Å². The Morgan fingerprint density at radius 3 is 2.67 bits per heavy atom. The standard InChI is InChI=1S/C20H16N2O3S2/c1-12-16(19(24)25-2)17(14-9-6-10-26-14)22-18(23)15(27-20(22)21-12)11-13-7-4-3-5-8-13/h3-11,17H,1-2H3/b15-11+/t17-/m1/s1. The van der Waals surface area contributed by atoms with E-state index in [2.05, 4.69) is 4.99 Å². The van der Waals surface area contributed by atoms with Gasteiger partial charge >= 0.3 is 5.97 Å². The van der Waals surface area contributed by atoms with E-state index in [9.17, 15) is 9.59 Å². The van der Waals surface area contributed by atoms with E-state index in [0.717, 1.165) is 10.4 Å². The second-order valence-electron chi connectivity index (χ2n) is 6.00. The Balaban J connectivity index is 1.98. The highest BCUT2D eigenvalue weighted by Gasteiger charge is 2.33. The van der Waals surface area contributed by atoms with Crippen LogP contribution in [0.4, 0.5) is 0 Å². The quantitative estimate of drug-likeness (QED) is 0.639. The number of allylic oxidation sites excluding steroid dienone is 1. The Morgan fingerprint density at radius 2 is 2.00 bits per heavy atom. The summed E-state index contributed by atoms with van der Waals surface area (Å²) in [4.78, 5) is 31.7. The van der Waals surface area contributed by atoms with Gasteiger partial charge in [-0.25, -0.2) is 9.79 Å². The third-order valence-electron chi connectivity index (χ3n) is 4.34. The molecule has 0 aliphatic carbocycles. The van der Waals surface area contributed by atoms with Gasteiger partial charge in [-0.15, -0.1) is 11.3 Å². The van der Waals surface area contributed by atoms with Gasteiger partial charge in [-0.3, -0.25) is 9.36 Å². The first kappa shape index (κ1) is 17.6. The van der Waals surface area contributed by atoms with Crippen LogP contribution < -0.4 is 14.9 Å². The van der Waals surface area contributed by atoms with Crippen molar-refractivity contribution in [3.63, 3.8) is 0 Å². The van der Waals surface area contributed by atoms with Crippen LogP contribution in [0.5, 0.6) is 0 Å². The number of thiophene rings is 1. The second-order valence-corrected chi connectivity index (χ2v) is 7.99. The minimum atomic E-state index is -0.522. The van der Waals surface area contributed by atoms with Crippen molar-refractivity contribution >= 4 is 34.7 Å². The number of aromatic nitrogens is 1. The minimum absolute atomic E-state index is 0.157. The fourth-order valence-electron chi connectivity index (χ4n) is 3.11. The normalized spacial score (nSPS) is 16.8. The molecule has 1 aliphatic heterocycles. The van der Waals surface area contributed by atoms with Gasteiger partial charge in [0.1, 0.15) is 6.04 Å². The summed E-state index contributed by atoms with van der Waals surface area (Å²) in [6.45, 7) is 1.78. The highest BCUT2D eigenvalue weighted by molar-refractivity contribution is 7.10. The number of rotatable bonds is 3. The van der Waals surface area contributed by atoms with Gasteiger partial charge in [0.05, 0.1) is 22.9 Å². The molecule has 136 valence electrons. The molecule has 27 heavy (non-hydrogen) atoms. The maximum Gasteiger partial charge on any atom is 0.338 e. The number of methoxy groups -OCH3 is 1. The van der Waals surface area contributed by atoms with Gasteiger partial charge in [-0.05, 0) is 30.0 Å². The van der Waals surface area contributed by atoms with Crippen molar-refractivity contribution in [2.24, 2.45) is 4.99 Å². The van der Waals surface area contributed by atoms with E-state index in [1.807, 2.05) is 53.9 Å². The molecule has 0 saturated carbocycles. The number of ether oxygens (including phenoxy) is 1. The number of thiazole rings is 1. The van der Waals surface area contributed by atoms with Gasteiger partial charge in [0, 0.05) is 4.88 Å². The van der Waals surface area contributed by atoms with E-state index in [-0.39, 0.29) is 5.56 Å². The van der Waals surface area contributed by atoms with Crippen LogP contribution in [0.15, 0.2) is 68.9 Å². The van der Waals surface area contributed by atoms with Gasteiger partial charge in [-0.2, -0.15) is 0 Å². The smallest absolute Gasteiger partial charge is 0.338 e. The summed E-state index contributed by atoms with van der Waals surface area (Å²) in [6.07, 6.45) is 1.85. The summed E-state index contributed by atoms with van der Waals surface area (Å²) in [5.74, 6) is -0.466. The molecule has 0 bridgehead atoms. The number of hydrogen-bond acceptors (Lipinski definition) is 6. The zero-order valence-electron chi connectivity index (χ0n) is 14.7. The molecule has 0 spiro atoms. The molecule has 0 saturated heterocycles. The van der Waals surface area contributed by atoms with Crippen LogP contribution in [0.25, 0.3) is 6.08 Å². The topological polar surface area (TPSA) is 60.7 Å². The number of esters is 1. The molecular formula is C20H16N2O3S2. The van der Waals surface area contributed by atoms with E-state index in [4.69, 9.17) is 4.74 Å². The Bertz CT molecular complexity index is 1200. The number of hydrogen-bond donors (Lipinski definition) is 0. The lowest BCUT2D eigenvalue weighted by Crippen LogP contribution is -2.39. The zero-order chi connectivity index (χ0) is 19.0. The van der Waals surface area contributed by atoms with Crippen LogP contribution in [0.2, 0.25) is 0 Å². The summed E-state index contributed by atoms with van der Waals surface area (Å²) >= 11 is 2.83. The molecule has 1 atom stereocenters. The van der Waals surface area contributed by atoms with E-state index in [1.54, 1.807) is 11.5 Å². The van der Waals surface area contributed by atoms with Crippen molar-refractivity contribution in [3.8, 4) is 0 Å². The molecule has 4 rings (SSSR count). The van der Waals surface area contributed by atoms with Crippen LogP contribution in [0.1, 0.15) is 23.4 Å². The van der Waals surface area contributed by atoms with Crippen LogP contribution >= 0.6 is 22.7 Å². The van der Waals surface area contributed by atoms with E-state index in [1.165, 1.54) is 29.8 Å². The average Bonchev–Trinajstić information content (AvgIpc) is 3.30. The summed E-state index contributed by atoms with van der Waals surface area (Å²) in [5, 5.41) is 1.93. The lowest BCUT2D eigenvalue weighted by atomic mass is 10.0. The predicted molar refractivity (Wildman–Crippen MR) is 107 cm³/mol. The van der Waals surface area contributed by atoms with Crippen molar-refractivity contribution in [1.82, 2.24) is 4.57 Å². The molecule has 1 aliphatic rings. The number of benzene rings is 1. The monoisotopic (exact) mass is 396 g/mol. The van der Waals surface area contributed by atoms with Crippen molar-refractivity contribution in [2.45, 2.75) is 13.0 Å². The molecule has 0 unspecified atom stereocenters. The maximum absolute atomic E-state index is 13.2. The molecule has 7 heteroatoms. The van der Waals surface area contributed by atoms with Crippen molar-refractivity contribution in [1.29, 1.82) is 0 Å². The van der Waals surface area contributed by atoms with Crippen LogP contribution in [0, 0.1) is 0 Å². The molecule has 0 radical (unpaired) electrons. The Hall–Kier alpha value is -2.77. The van der Waals surface area contributed by atoms with E-state index >= 15 is 0 Å². The largest absolute Gasteiger partial charge is 0.466 e. The molecule has 3 heterocycles. The van der Waals surface area contributed by atoms with Gasteiger partial charge < -0.3 is 4.74 Å². The summed E-state index contributed by atoms with van der Waals surface area (Å²) in [6, 6.07) is 13.0. The first-order valence-electron chi connectivity index (χ1n) is 8.29. The Morgan fingerprint density at radius 1 is 1.22 bits per heavy atom. The van der Waals surface area contributed by atoms with Crippen molar-refractivity contribution in [2.75, 3.05) is 7.11 Å². The molecular weight excluding hydrogens is 380 g/mol. The minimum Gasteiger partial charge on any atom is -0.466 e. The third-order valence-corrected chi connectivity index (χ3v) is 6.24. The molecule has 5 nitrogen and oxygen atoms in total. The number of fused-ring (bicyclic) bond motifs is 1.